The second-order valence-electron chi connectivity index (χ2n) is 7.27. The lowest BCUT2D eigenvalue weighted by Gasteiger charge is -2.26. The fourth-order valence-corrected chi connectivity index (χ4v) is 3.72. The van der Waals surface area contributed by atoms with E-state index in [1.807, 2.05) is 12.1 Å². The van der Waals surface area contributed by atoms with E-state index in [-0.39, 0.29) is 24.5 Å². The molecule has 0 spiro atoms. The Balaban J connectivity index is 1.34. The number of amides is 1. The predicted octanol–water partition coefficient (Wildman–Crippen LogP) is 2.37. The monoisotopic (exact) mass is 358 g/mol. The van der Waals surface area contributed by atoms with E-state index in [4.69, 9.17) is 4.74 Å². The second kappa shape index (κ2) is 9.83. The molecule has 1 aromatic rings. The minimum absolute atomic E-state index is 0.0294. The number of benzene rings is 1. The molecule has 1 aliphatic carbocycles. The highest BCUT2D eigenvalue weighted by Gasteiger charge is 2.14. The normalized spacial score (nSPS) is 17.5. The van der Waals surface area contributed by atoms with Gasteiger partial charge in [-0.15, -0.1) is 0 Å². The molecule has 0 bridgehead atoms. The van der Waals surface area contributed by atoms with Gasteiger partial charge in [-0.2, -0.15) is 0 Å². The molecule has 1 fully saturated rings. The van der Waals surface area contributed by atoms with E-state index in [0.717, 1.165) is 57.7 Å². The van der Waals surface area contributed by atoms with Gasteiger partial charge in [-0.05, 0) is 55.8 Å². The zero-order valence-corrected chi connectivity index (χ0v) is 15.6. The van der Waals surface area contributed by atoms with Crippen LogP contribution in [-0.4, -0.2) is 56.0 Å². The first-order valence-electron chi connectivity index (χ1n) is 9.94. The van der Waals surface area contributed by atoms with Gasteiger partial charge in [-0.3, -0.25) is 14.5 Å². The molecule has 1 aliphatic heterocycles. The number of ether oxygens (including phenoxy) is 1. The molecule has 26 heavy (non-hydrogen) atoms. The van der Waals surface area contributed by atoms with Crippen molar-refractivity contribution in [2.75, 3.05) is 39.4 Å². The summed E-state index contributed by atoms with van der Waals surface area (Å²) < 4.78 is 5.32. The number of rotatable bonds is 8. The minimum Gasteiger partial charge on any atom is -0.379 e. The molecular formula is C21H30N2O3. The Morgan fingerprint density at radius 2 is 1.81 bits per heavy atom. The zero-order chi connectivity index (χ0) is 18.2. The number of fused-ring (bicyclic) bond motifs is 1. The predicted molar refractivity (Wildman–Crippen MR) is 102 cm³/mol. The number of hydrogen-bond donors (Lipinski definition) is 1. The zero-order valence-electron chi connectivity index (χ0n) is 15.6. The Bertz CT molecular complexity index is 624. The van der Waals surface area contributed by atoms with E-state index in [2.05, 4.69) is 16.3 Å². The van der Waals surface area contributed by atoms with Crippen LogP contribution < -0.4 is 5.32 Å². The Morgan fingerprint density at radius 1 is 1.04 bits per heavy atom. The van der Waals surface area contributed by atoms with Crippen molar-refractivity contribution >= 4 is 11.7 Å². The first-order valence-corrected chi connectivity index (χ1v) is 9.94. The van der Waals surface area contributed by atoms with Crippen molar-refractivity contribution < 1.29 is 14.3 Å². The first kappa shape index (κ1) is 19.1. The van der Waals surface area contributed by atoms with E-state index in [9.17, 15) is 9.59 Å². The molecule has 5 heteroatoms. The summed E-state index contributed by atoms with van der Waals surface area (Å²) in [5, 5.41) is 2.93. The molecule has 0 aromatic heterocycles. The van der Waals surface area contributed by atoms with Crippen LogP contribution in [0.3, 0.4) is 0 Å². The molecule has 1 N–H and O–H groups in total. The number of morpholine rings is 1. The smallest absolute Gasteiger partial charge is 0.220 e. The number of hydrogen-bond acceptors (Lipinski definition) is 4. The second-order valence-corrected chi connectivity index (χ2v) is 7.27. The maximum atomic E-state index is 12.4. The summed E-state index contributed by atoms with van der Waals surface area (Å²) in [6, 6.07) is 6.05. The molecule has 142 valence electrons. The number of Topliss-reactive ketones (excluding diaryl/α,β-unsaturated/α-hetero) is 1. The van der Waals surface area contributed by atoms with Crippen LogP contribution in [0.5, 0.6) is 0 Å². The van der Waals surface area contributed by atoms with Gasteiger partial charge in [0.05, 0.1) is 13.2 Å². The molecule has 0 radical (unpaired) electrons. The summed E-state index contributed by atoms with van der Waals surface area (Å²) >= 11 is 0. The number of carbonyl (C=O) groups excluding carboxylic acids is 2. The highest BCUT2D eigenvalue weighted by molar-refractivity contribution is 5.98. The van der Waals surface area contributed by atoms with E-state index in [0.29, 0.717) is 6.54 Å². The van der Waals surface area contributed by atoms with Gasteiger partial charge in [-0.25, -0.2) is 0 Å². The molecule has 1 heterocycles. The molecule has 1 saturated heterocycles. The van der Waals surface area contributed by atoms with Crippen LogP contribution in [-0.2, 0) is 22.4 Å². The highest BCUT2D eigenvalue weighted by atomic mass is 16.5. The average molecular weight is 358 g/mol. The third kappa shape index (κ3) is 5.64. The summed E-state index contributed by atoms with van der Waals surface area (Å²) in [5.74, 6) is 0.0418. The topological polar surface area (TPSA) is 58.6 Å². The van der Waals surface area contributed by atoms with Crippen molar-refractivity contribution in [2.45, 2.75) is 44.9 Å². The van der Waals surface area contributed by atoms with Crippen LogP contribution in [0.2, 0.25) is 0 Å². The molecule has 0 saturated carbocycles. The third-order valence-corrected chi connectivity index (χ3v) is 5.33. The number of nitrogens with zero attached hydrogens (tertiary/aromatic N) is 1. The van der Waals surface area contributed by atoms with Gasteiger partial charge < -0.3 is 10.1 Å². The molecule has 1 amide bonds. The van der Waals surface area contributed by atoms with Crippen molar-refractivity contribution in [1.82, 2.24) is 10.2 Å². The molecule has 0 unspecified atom stereocenters. The van der Waals surface area contributed by atoms with E-state index < -0.39 is 0 Å². The van der Waals surface area contributed by atoms with Gasteiger partial charge in [0, 0.05) is 38.0 Å². The van der Waals surface area contributed by atoms with Crippen LogP contribution in [0.4, 0.5) is 0 Å². The van der Waals surface area contributed by atoms with E-state index in [1.165, 1.54) is 24.0 Å². The van der Waals surface area contributed by atoms with Gasteiger partial charge in [0.1, 0.15) is 0 Å². The fraction of sp³-hybridized carbons (Fsp3) is 0.619. The van der Waals surface area contributed by atoms with Crippen molar-refractivity contribution in [3.8, 4) is 0 Å². The van der Waals surface area contributed by atoms with Crippen molar-refractivity contribution in [3.05, 3.63) is 34.9 Å². The maximum absolute atomic E-state index is 12.4. The van der Waals surface area contributed by atoms with E-state index >= 15 is 0 Å². The summed E-state index contributed by atoms with van der Waals surface area (Å²) in [6.45, 7) is 5.21. The Kier molecular flexibility index (Phi) is 7.21. The summed E-state index contributed by atoms with van der Waals surface area (Å²) in [6.07, 6.45) is 6.13. The maximum Gasteiger partial charge on any atom is 0.220 e. The standard InChI is InChI=1S/C21H30N2O3/c24-20(19-7-6-17-4-1-2-5-18(17)16-19)8-9-21(25)22-10-3-11-23-12-14-26-15-13-23/h6-7,16H,1-5,8-15H2,(H,22,25). The fourth-order valence-electron chi connectivity index (χ4n) is 3.72. The van der Waals surface area contributed by atoms with Gasteiger partial charge in [0.25, 0.3) is 0 Å². The lowest BCUT2D eigenvalue weighted by atomic mass is 9.89. The van der Waals surface area contributed by atoms with Gasteiger partial charge in [0.15, 0.2) is 5.78 Å². The van der Waals surface area contributed by atoms with Crippen LogP contribution in [0.1, 0.15) is 53.6 Å². The average Bonchev–Trinajstić information content (AvgIpc) is 2.70. The van der Waals surface area contributed by atoms with Crippen molar-refractivity contribution in [2.24, 2.45) is 0 Å². The number of aryl methyl sites for hydroxylation is 2. The Hall–Kier alpha value is -1.72. The van der Waals surface area contributed by atoms with Crippen LogP contribution in [0.15, 0.2) is 18.2 Å². The molecule has 0 atom stereocenters. The van der Waals surface area contributed by atoms with Crippen molar-refractivity contribution in [3.63, 3.8) is 0 Å². The minimum atomic E-state index is -0.0294. The first-order chi connectivity index (χ1) is 12.7. The van der Waals surface area contributed by atoms with Crippen molar-refractivity contribution in [1.29, 1.82) is 0 Å². The summed E-state index contributed by atoms with van der Waals surface area (Å²) in [5.41, 5.74) is 3.45. The quantitative estimate of drug-likeness (QED) is 0.573. The number of carbonyl (C=O) groups is 2. The van der Waals surface area contributed by atoms with Crippen LogP contribution >= 0.6 is 0 Å². The Morgan fingerprint density at radius 3 is 2.62 bits per heavy atom. The van der Waals surface area contributed by atoms with Gasteiger partial charge in [0.2, 0.25) is 5.91 Å². The molecule has 2 aliphatic rings. The molecule has 5 nitrogen and oxygen atoms in total. The number of ketones is 1. The lowest BCUT2D eigenvalue weighted by Crippen LogP contribution is -2.38. The van der Waals surface area contributed by atoms with Gasteiger partial charge >= 0.3 is 0 Å². The molecule has 1 aromatic carbocycles. The molecule has 3 rings (SSSR count). The van der Waals surface area contributed by atoms with Crippen LogP contribution in [0.25, 0.3) is 0 Å². The lowest BCUT2D eigenvalue weighted by molar-refractivity contribution is -0.121. The summed E-state index contributed by atoms with van der Waals surface area (Å²) in [7, 11) is 0. The summed E-state index contributed by atoms with van der Waals surface area (Å²) in [4.78, 5) is 26.7. The highest BCUT2D eigenvalue weighted by Crippen LogP contribution is 2.22. The van der Waals surface area contributed by atoms with Gasteiger partial charge in [-0.1, -0.05) is 12.1 Å². The van der Waals surface area contributed by atoms with Crippen LogP contribution in [0, 0.1) is 0 Å². The SMILES string of the molecule is O=C(CCC(=O)c1ccc2c(c1)CCCC2)NCCCN1CCOCC1. The van der Waals surface area contributed by atoms with E-state index in [1.54, 1.807) is 0 Å². The third-order valence-electron chi connectivity index (χ3n) is 5.33. The Labute approximate surface area is 156 Å². The largest absolute Gasteiger partial charge is 0.379 e. The molecular weight excluding hydrogens is 328 g/mol. The number of nitrogens with one attached hydrogen (secondary N) is 1.